The van der Waals surface area contributed by atoms with Gasteiger partial charge in [-0.25, -0.2) is 0 Å². The zero-order valence-corrected chi connectivity index (χ0v) is 14.3. The van der Waals surface area contributed by atoms with Gasteiger partial charge in [-0.3, -0.25) is 9.59 Å². The highest BCUT2D eigenvalue weighted by molar-refractivity contribution is 5.95. The van der Waals surface area contributed by atoms with Gasteiger partial charge in [0.05, 0.1) is 13.2 Å². The number of hydrogen-bond acceptors (Lipinski definition) is 4. The van der Waals surface area contributed by atoms with E-state index in [4.69, 9.17) is 9.47 Å². The molecule has 0 aromatic rings. The summed E-state index contributed by atoms with van der Waals surface area (Å²) in [5.41, 5.74) is 0. The van der Waals surface area contributed by atoms with E-state index >= 15 is 0 Å². The van der Waals surface area contributed by atoms with Crippen LogP contribution in [0.3, 0.4) is 0 Å². The smallest absolute Gasteiger partial charge is 0.320 e. The molecule has 0 radical (unpaired) electrons. The fourth-order valence-electron chi connectivity index (χ4n) is 3.00. The van der Waals surface area contributed by atoms with E-state index in [1.54, 1.807) is 0 Å². The van der Waals surface area contributed by atoms with Crippen LogP contribution in [-0.2, 0) is 19.1 Å². The molecule has 0 N–H and O–H groups in total. The van der Waals surface area contributed by atoms with Crippen LogP contribution in [0.4, 0.5) is 0 Å². The van der Waals surface area contributed by atoms with E-state index in [1.807, 2.05) is 0 Å². The van der Waals surface area contributed by atoms with Crippen molar-refractivity contribution in [2.75, 3.05) is 13.2 Å². The molecule has 1 aliphatic carbocycles. The molecule has 0 aromatic heterocycles. The second-order valence-electron chi connectivity index (χ2n) is 6.27. The minimum absolute atomic E-state index is 0.109. The van der Waals surface area contributed by atoms with Gasteiger partial charge in [0.25, 0.3) is 0 Å². The molecule has 0 bridgehead atoms. The topological polar surface area (TPSA) is 52.6 Å². The maximum atomic E-state index is 12.3. The van der Waals surface area contributed by atoms with Crippen molar-refractivity contribution in [3.63, 3.8) is 0 Å². The zero-order valence-electron chi connectivity index (χ0n) is 14.3. The first kappa shape index (κ1) is 19.0. The SMILES string of the molecule is CCCCCOC(=O)C(C(=O)OCCCCC)C1CCCC1. The third-order valence-corrected chi connectivity index (χ3v) is 4.36. The van der Waals surface area contributed by atoms with Crippen molar-refractivity contribution in [1.82, 2.24) is 0 Å². The van der Waals surface area contributed by atoms with Gasteiger partial charge in [0, 0.05) is 0 Å². The quantitative estimate of drug-likeness (QED) is 0.325. The number of unbranched alkanes of at least 4 members (excludes halogenated alkanes) is 4. The lowest BCUT2D eigenvalue weighted by Gasteiger charge is -2.20. The molecule has 0 spiro atoms. The van der Waals surface area contributed by atoms with Gasteiger partial charge in [0.15, 0.2) is 5.92 Å². The van der Waals surface area contributed by atoms with E-state index in [0.717, 1.165) is 64.2 Å². The molecule has 1 saturated carbocycles. The molecule has 0 unspecified atom stereocenters. The van der Waals surface area contributed by atoms with Gasteiger partial charge in [-0.05, 0) is 31.6 Å². The Morgan fingerprint density at radius 1 is 0.864 bits per heavy atom. The van der Waals surface area contributed by atoms with Crippen LogP contribution in [-0.4, -0.2) is 25.2 Å². The number of hydrogen-bond donors (Lipinski definition) is 0. The predicted octanol–water partition coefficient (Wildman–Crippen LogP) is 4.26. The van der Waals surface area contributed by atoms with Crippen molar-refractivity contribution in [2.24, 2.45) is 11.8 Å². The second kappa shape index (κ2) is 11.5. The predicted molar refractivity (Wildman–Crippen MR) is 86.4 cm³/mol. The molecule has 128 valence electrons. The summed E-state index contributed by atoms with van der Waals surface area (Å²) in [7, 11) is 0. The lowest BCUT2D eigenvalue weighted by molar-refractivity contribution is -0.165. The fraction of sp³-hybridized carbons (Fsp3) is 0.889. The largest absolute Gasteiger partial charge is 0.465 e. The molecular formula is C18H32O4. The number of rotatable bonds is 11. The van der Waals surface area contributed by atoms with Gasteiger partial charge in [-0.1, -0.05) is 52.4 Å². The van der Waals surface area contributed by atoms with Gasteiger partial charge in [0.1, 0.15) is 0 Å². The Hall–Kier alpha value is -1.06. The second-order valence-corrected chi connectivity index (χ2v) is 6.27. The van der Waals surface area contributed by atoms with Gasteiger partial charge in [-0.15, -0.1) is 0 Å². The van der Waals surface area contributed by atoms with E-state index < -0.39 is 5.92 Å². The van der Waals surface area contributed by atoms with Crippen LogP contribution in [0.25, 0.3) is 0 Å². The summed E-state index contributed by atoms with van der Waals surface area (Å²) >= 11 is 0. The first-order chi connectivity index (χ1) is 10.7. The van der Waals surface area contributed by atoms with E-state index in [9.17, 15) is 9.59 Å². The first-order valence-corrected chi connectivity index (χ1v) is 9.04. The highest BCUT2D eigenvalue weighted by Gasteiger charge is 2.38. The van der Waals surface area contributed by atoms with Gasteiger partial charge in [0.2, 0.25) is 0 Å². The van der Waals surface area contributed by atoms with Crippen LogP contribution in [0.1, 0.15) is 78.1 Å². The lowest BCUT2D eigenvalue weighted by Crippen LogP contribution is -2.33. The van der Waals surface area contributed by atoms with Gasteiger partial charge in [-0.2, -0.15) is 0 Å². The zero-order chi connectivity index (χ0) is 16.2. The summed E-state index contributed by atoms with van der Waals surface area (Å²) in [6, 6.07) is 0. The number of esters is 2. The molecule has 4 heteroatoms. The highest BCUT2D eigenvalue weighted by atomic mass is 16.6. The Kier molecular flexibility index (Phi) is 9.93. The third-order valence-electron chi connectivity index (χ3n) is 4.36. The Balaban J connectivity index is 2.47. The summed E-state index contributed by atoms with van der Waals surface area (Å²) < 4.78 is 10.7. The van der Waals surface area contributed by atoms with E-state index in [1.165, 1.54) is 0 Å². The summed E-state index contributed by atoms with van der Waals surface area (Å²) in [6.07, 6.45) is 10.0. The van der Waals surface area contributed by atoms with E-state index in [2.05, 4.69) is 13.8 Å². The van der Waals surface area contributed by atoms with Gasteiger partial charge >= 0.3 is 11.9 Å². The Morgan fingerprint density at radius 3 is 1.73 bits per heavy atom. The molecule has 0 amide bonds. The minimum atomic E-state index is -0.703. The highest BCUT2D eigenvalue weighted by Crippen LogP contribution is 2.33. The third kappa shape index (κ3) is 6.80. The molecule has 1 aliphatic rings. The summed E-state index contributed by atoms with van der Waals surface area (Å²) in [5.74, 6) is -1.34. The normalized spacial score (nSPS) is 15.2. The van der Waals surface area contributed by atoms with Crippen molar-refractivity contribution in [3.05, 3.63) is 0 Å². The Labute approximate surface area is 134 Å². The first-order valence-electron chi connectivity index (χ1n) is 9.04. The summed E-state index contributed by atoms with van der Waals surface area (Å²) in [4.78, 5) is 24.6. The van der Waals surface area contributed by atoms with Crippen LogP contribution in [0, 0.1) is 11.8 Å². The van der Waals surface area contributed by atoms with Gasteiger partial charge < -0.3 is 9.47 Å². The lowest BCUT2D eigenvalue weighted by atomic mass is 9.91. The van der Waals surface area contributed by atoms with Crippen molar-refractivity contribution in [2.45, 2.75) is 78.1 Å². The number of carbonyl (C=O) groups is 2. The molecular weight excluding hydrogens is 280 g/mol. The molecule has 0 aromatic carbocycles. The molecule has 1 fully saturated rings. The van der Waals surface area contributed by atoms with Crippen LogP contribution in [0.2, 0.25) is 0 Å². The number of ether oxygens (including phenoxy) is 2. The maximum absolute atomic E-state index is 12.3. The number of carbonyl (C=O) groups excluding carboxylic acids is 2. The molecule has 1 rings (SSSR count). The van der Waals surface area contributed by atoms with E-state index in [-0.39, 0.29) is 17.9 Å². The fourth-order valence-corrected chi connectivity index (χ4v) is 3.00. The summed E-state index contributed by atoms with van der Waals surface area (Å²) in [5, 5.41) is 0. The van der Waals surface area contributed by atoms with Crippen LogP contribution < -0.4 is 0 Å². The molecule has 22 heavy (non-hydrogen) atoms. The van der Waals surface area contributed by atoms with Crippen LogP contribution >= 0.6 is 0 Å². The summed E-state index contributed by atoms with van der Waals surface area (Å²) in [6.45, 7) is 5.05. The minimum Gasteiger partial charge on any atom is -0.465 e. The Morgan fingerprint density at radius 2 is 1.32 bits per heavy atom. The van der Waals surface area contributed by atoms with Crippen molar-refractivity contribution < 1.29 is 19.1 Å². The maximum Gasteiger partial charge on any atom is 0.320 e. The van der Waals surface area contributed by atoms with Crippen molar-refractivity contribution in [3.8, 4) is 0 Å². The molecule has 0 aliphatic heterocycles. The molecule has 0 heterocycles. The standard InChI is InChI=1S/C18H32O4/c1-3-5-9-13-21-17(19)16(15-11-7-8-12-15)18(20)22-14-10-6-4-2/h15-16H,3-14H2,1-2H3. The average molecular weight is 312 g/mol. The monoisotopic (exact) mass is 312 g/mol. The van der Waals surface area contributed by atoms with Crippen LogP contribution in [0.5, 0.6) is 0 Å². The van der Waals surface area contributed by atoms with Crippen molar-refractivity contribution >= 4 is 11.9 Å². The molecule has 0 atom stereocenters. The Bertz CT molecular complexity index is 297. The van der Waals surface area contributed by atoms with E-state index in [0.29, 0.717) is 13.2 Å². The average Bonchev–Trinajstić information content (AvgIpc) is 3.02. The molecule has 0 saturated heterocycles. The van der Waals surface area contributed by atoms with Crippen LogP contribution in [0.15, 0.2) is 0 Å². The molecule has 4 nitrogen and oxygen atoms in total. The van der Waals surface area contributed by atoms with Crippen molar-refractivity contribution in [1.29, 1.82) is 0 Å².